The molecule has 0 radical (unpaired) electrons. The third-order valence-corrected chi connectivity index (χ3v) is 7.41. The second-order valence-corrected chi connectivity index (χ2v) is 12.9. The number of benzene rings is 2. The summed E-state index contributed by atoms with van der Waals surface area (Å²) in [6, 6.07) is 9.39. The molecular weight excluding hydrogens is 526 g/mol. The molecule has 2 aromatic rings. The minimum absolute atomic E-state index is 0.113. The van der Waals surface area contributed by atoms with Crippen LogP contribution in [0, 0.1) is 32.6 Å². The lowest BCUT2D eigenvalue weighted by Gasteiger charge is -2.36. The lowest BCUT2D eigenvalue weighted by Crippen LogP contribution is -2.54. The van der Waals surface area contributed by atoms with Crippen LogP contribution in [-0.2, 0) is 14.3 Å². The van der Waals surface area contributed by atoms with Gasteiger partial charge in [0.15, 0.2) is 0 Å². The third kappa shape index (κ3) is 8.00. The summed E-state index contributed by atoms with van der Waals surface area (Å²) in [4.78, 5) is 43.2. The predicted octanol–water partition coefficient (Wildman–Crippen LogP) is 7.12. The van der Waals surface area contributed by atoms with Gasteiger partial charge >= 0.3 is 6.09 Å². The van der Waals surface area contributed by atoms with Crippen LogP contribution in [0.5, 0.6) is 0 Å². The Kier molecular flexibility index (Phi) is 9.94. The minimum atomic E-state index is -0.922. The van der Waals surface area contributed by atoms with Gasteiger partial charge in [-0.05, 0) is 89.0 Å². The zero-order valence-corrected chi connectivity index (χ0v) is 26.0. The second kappa shape index (κ2) is 12.6. The Hall–Kier alpha value is -3.06. The number of anilines is 1. The first-order valence-electron chi connectivity index (χ1n) is 14.0. The summed E-state index contributed by atoms with van der Waals surface area (Å²) in [5.74, 6) is -0.323. The molecule has 0 aliphatic heterocycles. The molecule has 0 saturated heterocycles. The van der Waals surface area contributed by atoms with E-state index in [-0.39, 0.29) is 29.7 Å². The van der Waals surface area contributed by atoms with Gasteiger partial charge in [-0.25, -0.2) is 4.79 Å². The quantitative estimate of drug-likeness (QED) is 0.336. The second-order valence-electron chi connectivity index (χ2n) is 12.5. The van der Waals surface area contributed by atoms with Crippen LogP contribution >= 0.6 is 11.6 Å². The summed E-state index contributed by atoms with van der Waals surface area (Å²) in [5, 5.41) is 6.27. The van der Waals surface area contributed by atoms with Gasteiger partial charge in [0.1, 0.15) is 17.7 Å². The van der Waals surface area contributed by atoms with E-state index in [4.69, 9.17) is 16.3 Å². The zero-order valence-electron chi connectivity index (χ0n) is 25.2. The lowest BCUT2D eigenvalue weighted by atomic mass is 9.95. The van der Waals surface area contributed by atoms with Crippen LogP contribution in [-0.4, -0.2) is 40.5 Å². The highest BCUT2D eigenvalue weighted by molar-refractivity contribution is 6.34. The van der Waals surface area contributed by atoms with Crippen molar-refractivity contribution in [1.82, 2.24) is 10.2 Å². The molecule has 3 amide bonds. The van der Waals surface area contributed by atoms with Crippen LogP contribution in [0.1, 0.15) is 82.7 Å². The highest BCUT2D eigenvalue weighted by atomic mass is 35.5. The zero-order chi connectivity index (χ0) is 29.9. The maximum atomic E-state index is 14.4. The Balaban J connectivity index is 2.09. The van der Waals surface area contributed by atoms with Crippen molar-refractivity contribution in [1.29, 1.82) is 0 Å². The summed E-state index contributed by atoms with van der Waals surface area (Å²) in [6.07, 6.45) is 0.516. The van der Waals surface area contributed by atoms with Crippen molar-refractivity contribution in [3.05, 3.63) is 63.7 Å². The van der Waals surface area contributed by atoms with E-state index < -0.39 is 23.8 Å². The van der Waals surface area contributed by atoms with Crippen LogP contribution in [0.3, 0.4) is 0 Å². The van der Waals surface area contributed by atoms with Crippen molar-refractivity contribution in [3.8, 4) is 0 Å². The van der Waals surface area contributed by atoms with Crippen molar-refractivity contribution >= 4 is 35.2 Å². The summed E-state index contributed by atoms with van der Waals surface area (Å²) >= 11 is 6.48. The van der Waals surface area contributed by atoms with E-state index in [2.05, 4.69) is 17.6 Å². The van der Waals surface area contributed by atoms with Crippen molar-refractivity contribution in [2.24, 2.45) is 11.8 Å². The van der Waals surface area contributed by atoms with Gasteiger partial charge in [0, 0.05) is 6.04 Å². The molecule has 7 nitrogen and oxygen atoms in total. The van der Waals surface area contributed by atoms with Crippen molar-refractivity contribution < 1.29 is 19.1 Å². The molecule has 0 bridgehead atoms. The molecule has 218 valence electrons. The molecule has 1 aliphatic rings. The number of rotatable bonds is 9. The summed E-state index contributed by atoms with van der Waals surface area (Å²) < 4.78 is 5.49. The molecule has 0 spiro atoms. The van der Waals surface area contributed by atoms with Gasteiger partial charge in [0.25, 0.3) is 5.91 Å². The fourth-order valence-electron chi connectivity index (χ4n) is 5.03. The van der Waals surface area contributed by atoms with Crippen LogP contribution in [0.25, 0.3) is 0 Å². The van der Waals surface area contributed by atoms with Gasteiger partial charge < -0.3 is 20.3 Å². The van der Waals surface area contributed by atoms with Crippen LogP contribution in [0.2, 0.25) is 5.02 Å². The number of carbonyl (C=O) groups is 3. The number of alkyl carbamates (subject to hydrolysis) is 1. The maximum absolute atomic E-state index is 14.4. The molecule has 3 rings (SSSR count). The Labute approximate surface area is 244 Å². The summed E-state index contributed by atoms with van der Waals surface area (Å²) in [5.41, 5.74) is 3.33. The molecule has 8 heteroatoms. The molecule has 0 heterocycles. The fourth-order valence-corrected chi connectivity index (χ4v) is 5.30. The first kappa shape index (κ1) is 31.5. The Morgan fingerprint density at radius 3 is 2.25 bits per heavy atom. The molecule has 4 unspecified atom stereocenters. The Morgan fingerprint density at radius 1 is 1.07 bits per heavy atom. The molecule has 1 fully saturated rings. The number of amides is 3. The number of hydrogen-bond acceptors (Lipinski definition) is 4. The normalized spacial score (nSPS) is 18.1. The first-order chi connectivity index (χ1) is 18.6. The van der Waals surface area contributed by atoms with E-state index in [1.54, 1.807) is 31.7 Å². The van der Waals surface area contributed by atoms with Gasteiger partial charge in [0.05, 0.1) is 10.7 Å². The number of aryl methyl sites for hydroxylation is 3. The van der Waals surface area contributed by atoms with Crippen molar-refractivity contribution in [2.75, 3.05) is 5.32 Å². The number of para-hydroxylation sites is 1. The molecule has 1 saturated carbocycles. The monoisotopic (exact) mass is 569 g/mol. The largest absolute Gasteiger partial charge is 0.444 e. The Bertz CT molecular complexity index is 1230. The minimum Gasteiger partial charge on any atom is -0.444 e. The number of hydrogen-bond donors (Lipinski definition) is 2. The standard InChI is InChI=1S/C32H44ClN3O4/c1-18(2)15-25(34-31(39)40-32(7,8)9)30(38)36(26-17-22(26)6)28(23-14-13-19(3)16-21(23)5)29(37)35-27-20(4)11-10-12-24(27)33/h10-14,16,18,22,25-26,28H,15,17H2,1-9H3,(H,34,39)(H,35,37). The van der Waals surface area contributed by atoms with Crippen LogP contribution in [0.4, 0.5) is 10.5 Å². The topological polar surface area (TPSA) is 87.7 Å². The molecular formula is C32H44ClN3O4. The first-order valence-corrected chi connectivity index (χ1v) is 14.4. The highest BCUT2D eigenvalue weighted by Gasteiger charge is 2.48. The predicted molar refractivity (Wildman–Crippen MR) is 161 cm³/mol. The molecule has 40 heavy (non-hydrogen) atoms. The number of ether oxygens (including phenoxy) is 1. The van der Waals surface area contributed by atoms with Gasteiger partial charge in [-0.2, -0.15) is 0 Å². The van der Waals surface area contributed by atoms with E-state index in [1.807, 2.05) is 65.0 Å². The number of halogens is 1. The van der Waals surface area contributed by atoms with Gasteiger partial charge in [-0.15, -0.1) is 0 Å². The SMILES string of the molecule is Cc1ccc(C(C(=O)Nc2c(C)cccc2Cl)N(C(=O)C(CC(C)C)NC(=O)OC(C)(C)C)C2CC2C)c(C)c1. The van der Waals surface area contributed by atoms with Gasteiger partial charge in [-0.3, -0.25) is 9.59 Å². The van der Waals surface area contributed by atoms with Gasteiger partial charge in [-0.1, -0.05) is 68.3 Å². The highest BCUT2D eigenvalue weighted by Crippen LogP contribution is 2.42. The van der Waals surface area contributed by atoms with Crippen LogP contribution in [0.15, 0.2) is 36.4 Å². The molecule has 1 aliphatic carbocycles. The average molecular weight is 570 g/mol. The van der Waals surface area contributed by atoms with E-state index in [0.717, 1.165) is 28.7 Å². The van der Waals surface area contributed by atoms with E-state index >= 15 is 0 Å². The fraction of sp³-hybridized carbons (Fsp3) is 0.531. The number of nitrogens with one attached hydrogen (secondary N) is 2. The van der Waals surface area contributed by atoms with Gasteiger partial charge in [0.2, 0.25) is 5.91 Å². The number of carbonyl (C=O) groups excluding carboxylic acids is 3. The smallest absolute Gasteiger partial charge is 0.408 e. The summed E-state index contributed by atoms with van der Waals surface area (Å²) in [6.45, 7) is 17.2. The number of nitrogens with zero attached hydrogens (tertiary/aromatic N) is 1. The van der Waals surface area contributed by atoms with Crippen LogP contribution < -0.4 is 10.6 Å². The molecule has 2 aromatic carbocycles. The van der Waals surface area contributed by atoms with E-state index in [1.165, 1.54) is 0 Å². The van der Waals surface area contributed by atoms with E-state index in [0.29, 0.717) is 17.1 Å². The van der Waals surface area contributed by atoms with Crippen molar-refractivity contribution in [3.63, 3.8) is 0 Å². The molecule has 4 atom stereocenters. The molecule has 0 aromatic heterocycles. The third-order valence-electron chi connectivity index (χ3n) is 7.09. The Morgan fingerprint density at radius 2 is 1.73 bits per heavy atom. The lowest BCUT2D eigenvalue weighted by molar-refractivity contribution is -0.142. The van der Waals surface area contributed by atoms with Crippen molar-refractivity contribution in [2.45, 2.75) is 98.9 Å². The van der Waals surface area contributed by atoms with E-state index in [9.17, 15) is 14.4 Å². The molecule has 2 N–H and O–H groups in total. The maximum Gasteiger partial charge on any atom is 0.408 e. The summed E-state index contributed by atoms with van der Waals surface area (Å²) in [7, 11) is 0. The average Bonchev–Trinajstić information content (AvgIpc) is 3.53.